The molecular weight excluding hydrogens is 1350 g/mol. The van der Waals surface area contributed by atoms with E-state index in [0.29, 0.717) is 57.3 Å². The van der Waals surface area contributed by atoms with Crippen LogP contribution in [0.15, 0.2) is 194 Å². The highest BCUT2D eigenvalue weighted by molar-refractivity contribution is 6.30. The predicted octanol–water partition coefficient (Wildman–Crippen LogP) is 18.0. The number of carbonyl (C=O) groups is 1. The van der Waals surface area contributed by atoms with Crippen LogP contribution in [-0.2, 0) is 6.42 Å². The Labute approximate surface area is 601 Å². The standard InChI is InChI=1S/C26H23FN6O.C19H16FN5.C18H14FN5.C16H12ClN5/c1-15(2)12-23-29-25(33-31-23)17-6-11-22-21(14-17)24(32-30-22)16-4-3-5-18(13-16)26(34)28-20-9-7-19(27)8-10-20;20-14-7-4-11(5-8-14)17-15-10-13(6-9-16(15)22-23-17)19-21-18(24-25-19)12-2-1-3-12;19-13-6-3-10(4-7-13)16-14-9-12(5-8-15(14)21-22-16)18-20-17(23-24-18)11-1-2-11;1-9-18-16(22-19-9)11-4-7-14-13(8-11)15(21-20-14)10-2-5-12(17)6-3-10/h3-11,13-15H,12H2,1-2H3,(H,28,34)(H,30,32)(H,29,31,33);4-10,12H,1-3H2,(H,22,23)(H,21,24,25);3-9,11H,1-2H2,(H,21,22)(H,20,23,24);2-8H,1H3,(H,20,21)(H,18,19,22). The number of nitrogens with zero attached hydrogens (tertiary/aromatic N) is 12. The molecule has 0 spiro atoms. The molecule has 2 aliphatic carbocycles. The Hall–Kier alpha value is -13.0. The number of anilines is 1. The van der Waals surface area contributed by atoms with Gasteiger partial charge >= 0.3 is 0 Å². The number of carbonyl (C=O) groups excluding carboxylic acids is 1. The molecule has 9 N–H and O–H groups in total. The van der Waals surface area contributed by atoms with Gasteiger partial charge in [-0.1, -0.05) is 56.1 Å². The Morgan fingerprint density at radius 3 is 1.23 bits per heavy atom. The van der Waals surface area contributed by atoms with E-state index in [4.69, 9.17) is 11.6 Å². The summed E-state index contributed by atoms with van der Waals surface area (Å²) >= 11 is 5.95. The molecule has 8 heterocycles. The first kappa shape index (κ1) is 66.5. The lowest BCUT2D eigenvalue weighted by Gasteiger charge is -2.22. The van der Waals surface area contributed by atoms with Crippen LogP contribution in [0.1, 0.15) is 91.4 Å². The lowest BCUT2D eigenvalue weighted by atomic mass is 9.85. The number of fused-ring (bicyclic) bond motifs is 4. The summed E-state index contributed by atoms with van der Waals surface area (Å²) in [4.78, 5) is 31.0. The van der Waals surface area contributed by atoms with Gasteiger partial charge in [-0.15, -0.1) is 0 Å². The third-order valence-corrected chi connectivity index (χ3v) is 18.6. The van der Waals surface area contributed by atoms with Crippen molar-refractivity contribution >= 4 is 66.8 Å². The zero-order valence-electron chi connectivity index (χ0n) is 56.7. The van der Waals surface area contributed by atoms with Gasteiger partial charge in [-0.05, 0) is 208 Å². The van der Waals surface area contributed by atoms with Crippen molar-refractivity contribution in [1.82, 2.24) is 102 Å². The topological polar surface area (TPSA) is 310 Å². The number of H-pyrrole nitrogens is 8. The molecule has 2 saturated carbocycles. The van der Waals surface area contributed by atoms with Crippen LogP contribution in [0.5, 0.6) is 0 Å². The summed E-state index contributed by atoms with van der Waals surface area (Å²) in [6.45, 7) is 6.16. The molecule has 0 atom stereocenters. The number of aromatic nitrogens is 20. The second kappa shape index (κ2) is 28.8. The number of nitrogens with one attached hydrogen (secondary N) is 9. The van der Waals surface area contributed by atoms with Gasteiger partial charge in [-0.3, -0.25) is 45.6 Å². The molecule has 0 bridgehead atoms. The number of benzene rings is 9. The highest BCUT2D eigenvalue weighted by Crippen LogP contribution is 2.40. The van der Waals surface area contributed by atoms with Gasteiger partial charge < -0.3 is 5.32 Å². The highest BCUT2D eigenvalue weighted by Gasteiger charge is 2.28. The summed E-state index contributed by atoms with van der Waals surface area (Å²) in [5.41, 5.74) is 15.2. The number of hydrogen-bond acceptors (Lipinski definition) is 13. The molecule has 0 unspecified atom stereocenters. The van der Waals surface area contributed by atoms with Crippen molar-refractivity contribution in [2.24, 2.45) is 5.92 Å². The Bertz CT molecular complexity index is 5940. The van der Waals surface area contributed by atoms with Crippen molar-refractivity contribution in [2.75, 3.05) is 5.32 Å². The number of rotatable bonds is 14. The van der Waals surface area contributed by atoms with Crippen LogP contribution in [0.4, 0.5) is 18.9 Å². The molecule has 22 nitrogen and oxygen atoms in total. The molecule has 17 aromatic rings. The van der Waals surface area contributed by atoms with Crippen LogP contribution in [0, 0.1) is 30.3 Å². The van der Waals surface area contributed by atoms with Gasteiger partial charge in [0.05, 0.1) is 44.8 Å². The van der Waals surface area contributed by atoms with E-state index in [9.17, 15) is 18.0 Å². The van der Waals surface area contributed by atoms with Gasteiger partial charge in [0.1, 0.15) is 40.7 Å². The second-order valence-electron chi connectivity index (χ2n) is 26.3. The first-order valence-corrected chi connectivity index (χ1v) is 34.6. The third kappa shape index (κ3) is 14.6. The fourth-order valence-electron chi connectivity index (χ4n) is 12.4. The van der Waals surface area contributed by atoms with E-state index in [2.05, 4.69) is 121 Å². The molecule has 2 aliphatic rings. The first-order valence-electron chi connectivity index (χ1n) is 34.3. The van der Waals surface area contributed by atoms with Crippen LogP contribution >= 0.6 is 11.6 Å². The SMILES string of the molecule is CC(C)Cc1nc(-c2ccc3[nH]nc(-c4cccc(C(=O)Nc5ccc(F)cc5)c4)c3c2)n[nH]1.Cc1nc(-c2ccc3[nH]nc(-c4ccc(Cl)cc4)c3c2)n[nH]1.Fc1ccc(-c2n[nH]c3ccc(-c4n[nH]c(C5CC5)n4)cc23)cc1.Fc1ccc(-c2n[nH]c3ccc(-c4n[nH]c(C5CCC5)n4)cc23)cc1. The molecule has 0 radical (unpaired) electrons. The third-order valence-electron chi connectivity index (χ3n) is 18.3. The first-order chi connectivity index (χ1) is 51.2. The van der Waals surface area contributed by atoms with Gasteiger partial charge in [0.15, 0.2) is 23.3 Å². The fourth-order valence-corrected chi connectivity index (χ4v) is 12.6. The minimum absolute atomic E-state index is 0.256. The van der Waals surface area contributed by atoms with Crippen LogP contribution in [-0.4, -0.2) is 107 Å². The zero-order valence-corrected chi connectivity index (χ0v) is 57.5. The molecule has 0 saturated heterocycles. The average Bonchev–Trinajstić information content (AvgIpc) is 1.67. The maximum absolute atomic E-state index is 13.2. The van der Waals surface area contributed by atoms with Crippen LogP contribution in [0.2, 0.25) is 5.02 Å². The second-order valence-corrected chi connectivity index (χ2v) is 26.8. The number of amides is 1. The molecule has 26 heteroatoms. The highest BCUT2D eigenvalue weighted by atomic mass is 35.5. The summed E-state index contributed by atoms with van der Waals surface area (Å²) < 4.78 is 39.5. The summed E-state index contributed by atoms with van der Waals surface area (Å²) in [6.07, 6.45) is 6.84. The number of hydrogen-bond donors (Lipinski definition) is 9. The van der Waals surface area contributed by atoms with Crippen LogP contribution in [0.25, 0.3) is 134 Å². The Kier molecular flexibility index (Phi) is 18.2. The minimum atomic E-state index is -0.356. The van der Waals surface area contributed by atoms with Crippen LogP contribution < -0.4 is 5.32 Å². The molecule has 105 heavy (non-hydrogen) atoms. The Morgan fingerprint density at radius 1 is 0.419 bits per heavy atom. The molecule has 2 fully saturated rings. The summed E-state index contributed by atoms with van der Waals surface area (Å²) in [5, 5.41) is 66.5. The molecule has 1 amide bonds. The lowest BCUT2D eigenvalue weighted by Crippen LogP contribution is -2.11. The number of aryl methyl sites for hydroxylation is 1. The van der Waals surface area contributed by atoms with Crippen molar-refractivity contribution in [3.8, 4) is 90.6 Å². The van der Waals surface area contributed by atoms with Crippen molar-refractivity contribution < 1.29 is 18.0 Å². The zero-order chi connectivity index (χ0) is 71.7. The Balaban J connectivity index is 0.000000109. The monoisotopic (exact) mass is 1420 g/mol. The van der Waals surface area contributed by atoms with E-state index in [1.807, 2.05) is 116 Å². The normalized spacial score (nSPS) is 12.8. The van der Waals surface area contributed by atoms with E-state index >= 15 is 0 Å². The lowest BCUT2D eigenvalue weighted by molar-refractivity contribution is 0.102. The quantitative estimate of drug-likeness (QED) is 0.0490. The average molecular weight is 1420 g/mol. The van der Waals surface area contributed by atoms with Gasteiger partial charge in [0.25, 0.3) is 5.91 Å². The number of aromatic amines is 8. The van der Waals surface area contributed by atoms with Crippen molar-refractivity contribution in [3.05, 3.63) is 245 Å². The maximum atomic E-state index is 13.2. The van der Waals surface area contributed by atoms with E-state index in [0.717, 1.165) is 141 Å². The van der Waals surface area contributed by atoms with Crippen LogP contribution in [0.3, 0.4) is 0 Å². The molecule has 8 aromatic heterocycles. The molecule has 520 valence electrons. The summed E-state index contributed by atoms with van der Waals surface area (Å²) in [5.74, 6) is 6.71. The van der Waals surface area contributed by atoms with Crippen molar-refractivity contribution in [1.29, 1.82) is 0 Å². The molecule has 19 rings (SSSR count). The van der Waals surface area contributed by atoms with E-state index in [-0.39, 0.29) is 23.4 Å². The maximum Gasteiger partial charge on any atom is 0.255 e. The predicted molar refractivity (Wildman–Crippen MR) is 399 cm³/mol. The largest absolute Gasteiger partial charge is 0.322 e. The Morgan fingerprint density at radius 2 is 0.810 bits per heavy atom. The summed E-state index contributed by atoms with van der Waals surface area (Å²) in [6, 6.07) is 57.1. The smallest absolute Gasteiger partial charge is 0.255 e. The molecule has 0 aliphatic heterocycles. The van der Waals surface area contributed by atoms with Gasteiger partial charge in [0, 0.05) is 101 Å². The summed E-state index contributed by atoms with van der Waals surface area (Å²) in [7, 11) is 0. The number of halogens is 4. The minimum Gasteiger partial charge on any atom is -0.322 e. The van der Waals surface area contributed by atoms with E-state index < -0.39 is 0 Å². The van der Waals surface area contributed by atoms with Gasteiger partial charge in [-0.2, -0.15) is 40.8 Å². The van der Waals surface area contributed by atoms with E-state index in [1.54, 1.807) is 36.4 Å². The van der Waals surface area contributed by atoms with E-state index in [1.165, 1.54) is 80.6 Å². The van der Waals surface area contributed by atoms with Crippen molar-refractivity contribution in [3.63, 3.8) is 0 Å². The van der Waals surface area contributed by atoms with Crippen molar-refractivity contribution in [2.45, 2.75) is 71.1 Å². The van der Waals surface area contributed by atoms with Gasteiger partial charge in [0.2, 0.25) is 0 Å². The molecule has 9 aromatic carbocycles. The fraction of sp³-hybridized carbons (Fsp3) is 0.152. The van der Waals surface area contributed by atoms with Gasteiger partial charge in [-0.25, -0.2) is 33.1 Å². The molecular formula is C79H65ClF3N21O.